The van der Waals surface area contributed by atoms with E-state index in [1.54, 1.807) is 6.07 Å². The summed E-state index contributed by atoms with van der Waals surface area (Å²) in [4.78, 5) is 9.06. The summed E-state index contributed by atoms with van der Waals surface area (Å²) in [5.41, 5.74) is -2.14. The fourth-order valence-corrected chi connectivity index (χ4v) is 5.15. The van der Waals surface area contributed by atoms with Gasteiger partial charge in [-0.05, 0) is 23.6 Å². The molecular weight excluding hydrogens is 546 g/mol. The molecule has 0 aliphatic heterocycles. The van der Waals surface area contributed by atoms with Gasteiger partial charge in [-0.2, -0.15) is 16.8 Å². The van der Waals surface area contributed by atoms with Crippen LogP contribution in [0.25, 0.3) is 10.8 Å². The van der Waals surface area contributed by atoms with Gasteiger partial charge in [0.15, 0.2) is 21.3 Å². The summed E-state index contributed by atoms with van der Waals surface area (Å²) in [6.07, 6.45) is 0. The van der Waals surface area contributed by atoms with Crippen molar-refractivity contribution < 1.29 is 48.6 Å². The van der Waals surface area contributed by atoms with E-state index in [0.29, 0.717) is 6.07 Å². The van der Waals surface area contributed by atoms with E-state index in [1.165, 1.54) is 18.2 Å². The summed E-state index contributed by atoms with van der Waals surface area (Å²) in [6, 6.07) is 9.31. The van der Waals surface area contributed by atoms with E-state index in [0.717, 1.165) is 18.2 Å². The zero-order chi connectivity index (χ0) is 26.9. The molecule has 0 unspecified atom stereocenters. The Labute approximate surface area is 203 Å². The lowest BCUT2D eigenvalue weighted by Crippen LogP contribution is -2.15. The van der Waals surface area contributed by atoms with Crippen LogP contribution < -0.4 is 0 Å². The number of fused-ring (bicyclic) bond motifs is 1. The first kappa shape index (κ1) is 27.0. The largest absolute Gasteiger partial charge is 0.505 e. The summed E-state index contributed by atoms with van der Waals surface area (Å²) in [5, 5.41) is 29.6. The molecule has 0 heterocycles. The zero-order valence-corrected chi connectivity index (χ0v) is 20.1. The molecule has 3 aromatic rings. The van der Waals surface area contributed by atoms with Crippen molar-refractivity contribution in [2.75, 3.05) is 12.4 Å². The van der Waals surface area contributed by atoms with Gasteiger partial charge in [-0.25, -0.2) is 12.6 Å². The first-order valence-corrected chi connectivity index (χ1v) is 13.8. The van der Waals surface area contributed by atoms with Gasteiger partial charge in [0.1, 0.15) is 10.6 Å². The first-order valence-electron chi connectivity index (χ1n) is 9.37. The molecule has 15 nitrogen and oxygen atoms in total. The van der Waals surface area contributed by atoms with E-state index < -0.39 is 80.2 Å². The number of nitro groups is 1. The number of phenols is 1. The Morgan fingerprint density at radius 2 is 1.61 bits per heavy atom. The standard InChI is InChI=1S/C18H15N3O12S3/c22-18-13-4-2-1-3-11(13)9-16(35(27,28)29)17(18)20-19-14-6-5-12(10-15(14)21(23)24)34(25,26)8-7-33-36(30,31)32/h1-6,9-10,22H,7-8H2,(H,27,28,29)(H,30,31,32)/b20-19+. The van der Waals surface area contributed by atoms with Gasteiger partial charge in [-0.1, -0.05) is 24.3 Å². The van der Waals surface area contributed by atoms with Crippen molar-refractivity contribution in [1.82, 2.24) is 0 Å². The quantitative estimate of drug-likeness (QED) is 0.148. The van der Waals surface area contributed by atoms with Crippen LogP contribution in [0.4, 0.5) is 17.1 Å². The molecule has 3 aromatic carbocycles. The lowest BCUT2D eigenvalue weighted by molar-refractivity contribution is -0.384. The van der Waals surface area contributed by atoms with Gasteiger partial charge in [0.25, 0.3) is 15.8 Å². The maximum Gasteiger partial charge on any atom is 0.397 e. The fourth-order valence-electron chi connectivity index (χ4n) is 2.98. The van der Waals surface area contributed by atoms with Crippen LogP contribution in [0.15, 0.2) is 68.6 Å². The second-order valence-corrected chi connectivity index (χ2v) is 11.5. The normalized spacial score (nSPS) is 12.8. The van der Waals surface area contributed by atoms with Gasteiger partial charge in [0, 0.05) is 11.5 Å². The third kappa shape index (κ3) is 6.17. The van der Waals surface area contributed by atoms with Crippen molar-refractivity contribution in [3.05, 3.63) is 58.6 Å². The van der Waals surface area contributed by atoms with Gasteiger partial charge in [0.2, 0.25) is 0 Å². The van der Waals surface area contributed by atoms with Crippen molar-refractivity contribution in [3.8, 4) is 5.75 Å². The molecule has 36 heavy (non-hydrogen) atoms. The predicted octanol–water partition coefficient (Wildman–Crippen LogP) is 2.71. The van der Waals surface area contributed by atoms with E-state index in [-0.39, 0.29) is 10.8 Å². The van der Waals surface area contributed by atoms with Crippen LogP contribution in [0, 0.1) is 10.1 Å². The molecule has 0 saturated carbocycles. The highest BCUT2D eigenvalue weighted by molar-refractivity contribution is 7.91. The second kappa shape index (κ2) is 9.84. The number of rotatable bonds is 9. The summed E-state index contributed by atoms with van der Waals surface area (Å²) in [7, 11) is -14.1. The minimum atomic E-state index is -4.92. The molecule has 3 rings (SSSR count). The van der Waals surface area contributed by atoms with Crippen molar-refractivity contribution >= 4 is 58.2 Å². The van der Waals surface area contributed by atoms with Crippen LogP contribution in [0.3, 0.4) is 0 Å². The molecular formula is C18H15N3O12S3. The number of aromatic hydroxyl groups is 1. The number of phenolic OH excluding ortho intramolecular Hbond substituents is 1. The number of hydrogen-bond acceptors (Lipinski definition) is 12. The average molecular weight is 562 g/mol. The van der Waals surface area contributed by atoms with Gasteiger partial charge in [-0.15, -0.1) is 10.2 Å². The van der Waals surface area contributed by atoms with Crippen LogP contribution in [-0.4, -0.2) is 56.7 Å². The molecule has 0 saturated heterocycles. The van der Waals surface area contributed by atoms with E-state index >= 15 is 0 Å². The number of sulfone groups is 1. The molecule has 3 N–H and O–H groups in total. The third-order valence-corrected chi connectivity index (χ3v) is 7.59. The minimum absolute atomic E-state index is 0.141. The van der Waals surface area contributed by atoms with E-state index in [1.807, 2.05) is 0 Å². The Morgan fingerprint density at radius 1 is 0.944 bits per heavy atom. The number of benzene rings is 3. The van der Waals surface area contributed by atoms with E-state index in [9.17, 15) is 45.0 Å². The highest BCUT2D eigenvalue weighted by Crippen LogP contribution is 2.42. The molecule has 0 spiro atoms. The SMILES string of the molecule is O=[N+]([O-])c1cc(S(=O)(=O)CCOS(=O)(=O)O)ccc1/N=N/c1c(S(=O)(=O)O)cc2ccccc2c1O. The van der Waals surface area contributed by atoms with Crippen LogP contribution in [-0.2, 0) is 34.5 Å². The smallest absolute Gasteiger partial charge is 0.397 e. The Morgan fingerprint density at radius 3 is 2.22 bits per heavy atom. The van der Waals surface area contributed by atoms with Gasteiger partial charge < -0.3 is 5.11 Å². The topological polar surface area (TPSA) is 240 Å². The molecule has 0 amide bonds. The summed E-state index contributed by atoms with van der Waals surface area (Å²) < 4.78 is 91.5. The average Bonchev–Trinajstić information content (AvgIpc) is 2.76. The third-order valence-electron chi connectivity index (χ3n) is 4.58. The van der Waals surface area contributed by atoms with Crippen molar-refractivity contribution in [2.24, 2.45) is 10.2 Å². The lowest BCUT2D eigenvalue weighted by atomic mass is 10.1. The second-order valence-electron chi connectivity index (χ2n) is 6.94. The molecule has 18 heteroatoms. The Kier molecular flexibility index (Phi) is 7.39. The van der Waals surface area contributed by atoms with Crippen LogP contribution >= 0.6 is 0 Å². The molecule has 0 aliphatic carbocycles. The first-order chi connectivity index (χ1) is 16.6. The van der Waals surface area contributed by atoms with Gasteiger partial charge >= 0.3 is 10.4 Å². The molecule has 0 aliphatic rings. The molecule has 0 atom stereocenters. The fraction of sp³-hybridized carbons (Fsp3) is 0.111. The van der Waals surface area contributed by atoms with E-state index in [2.05, 4.69) is 14.4 Å². The number of nitro benzene ring substituents is 1. The Balaban J connectivity index is 2.07. The number of hydrogen-bond donors (Lipinski definition) is 3. The number of azo groups is 1. The van der Waals surface area contributed by atoms with Crippen LogP contribution in [0.5, 0.6) is 5.75 Å². The summed E-state index contributed by atoms with van der Waals surface area (Å²) in [6.45, 7) is -0.962. The van der Waals surface area contributed by atoms with Gasteiger partial charge in [0.05, 0.1) is 22.2 Å². The molecule has 0 fully saturated rings. The maximum absolute atomic E-state index is 12.3. The van der Waals surface area contributed by atoms with Crippen molar-refractivity contribution in [2.45, 2.75) is 9.79 Å². The Hall–Kier alpha value is -3.55. The van der Waals surface area contributed by atoms with Crippen molar-refractivity contribution in [3.63, 3.8) is 0 Å². The lowest BCUT2D eigenvalue weighted by Gasteiger charge is -2.08. The van der Waals surface area contributed by atoms with Crippen LogP contribution in [0.1, 0.15) is 0 Å². The van der Waals surface area contributed by atoms with Crippen molar-refractivity contribution in [1.29, 1.82) is 0 Å². The highest BCUT2D eigenvalue weighted by atomic mass is 32.3. The minimum Gasteiger partial charge on any atom is -0.505 e. The zero-order valence-electron chi connectivity index (χ0n) is 17.6. The Bertz CT molecular complexity index is 1720. The van der Waals surface area contributed by atoms with Crippen LogP contribution in [0.2, 0.25) is 0 Å². The molecule has 0 radical (unpaired) electrons. The maximum atomic E-state index is 12.3. The monoisotopic (exact) mass is 561 g/mol. The predicted molar refractivity (Wildman–Crippen MR) is 122 cm³/mol. The molecule has 0 bridgehead atoms. The number of nitrogens with zero attached hydrogens (tertiary/aromatic N) is 3. The van der Waals surface area contributed by atoms with E-state index in [4.69, 9.17) is 4.55 Å². The highest BCUT2D eigenvalue weighted by Gasteiger charge is 2.24. The summed E-state index contributed by atoms with van der Waals surface area (Å²) >= 11 is 0. The molecule has 0 aromatic heterocycles. The molecule has 192 valence electrons. The summed E-state index contributed by atoms with van der Waals surface area (Å²) in [5.74, 6) is -1.64. The van der Waals surface area contributed by atoms with Gasteiger partial charge in [-0.3, -0.25) is 19.2 Å².